The van der Waals surface area contributed by atoms with Crippen molar-refractivity contribution < 1.29 is 24.5 Å². The molecule has 0 N–H and O–H groups in total. The summed E-state index contributed by atoms with van der Waals surface area (Å²) in [4.78, 5) is 9.19. The first-order chi connectivity index (χ1) is 22.0. The number of aromatic nitrogens is 2. The van der Waals surface area contributed by atoms with Gasteiger partial charge in [0.2, 0.25) is 0 Å². The zero-order chi connectivity index (χ0) is 32.2. The maximum absolute atomic E-state index is 6.48. The van der Waals surface area contributed by atoms with Crippen LogP contribution in [-0.4, -0.2) is 31.3 Å². The molecule has 0 bridgehead atoms. The van der Waals surface area contributed by atoms with E-state index in [1.165, 1.54) is 42.4 Å². The van der Waals surface area contributed by atoms with E-state index in [2.05, 4.69) is 127 Å². The van der Waals surface area contributed by atoms with E-state index in [4.69, 9.17) is 4.42 Å². The Balaban J connectivity index is 0.000000194. The molecule has 0 aliphatic carbocycles. The fraction of sp³-hybridized carbons (Fsp3) is 0.171. The Labute approximate surface area is 295 Å². The van der Waals surface area contributed by atoms with Gasteiger partial charge in [0.05, 0.1) is 5.58 Å². The third kappa shape index (κ3) is 6.11. The van der Waals surface area contributed by atoms with Crippen LogP contribution < -0.4 is 14.8 Å². The van der Waals surface area contributed by atoms with Crippen LogP contribution in [-0.2, 0) is 20.1 Å². The summed E-state index contributed by atoms with van der Waals surface area (Å²) in [6, 6.07) is 38.6. The van der Waals surface area contributed by atoms with Gasteiger partial charge in [-0.1, -0.05) is 59.9 Å². The van der Waals surface area contributed by atoms with Crippen molar-refractivity contribution in [3.05, 3.63) is 127 Å². The molecule has 0 amide bonds. The number of benzene rings is 4. The van der Waals surface area contributed by atoms with Crippen molar-refractivity contribution in [3.63, 3.8) is 0 Å². The van der Waals surface area contributed by atoms with Crippen molar-refractivity contribution in [3.8, 4) is 33.6 Å². The quantitative estimate of drug-likeness (QED) is 0.132. The van der Waals surface area contributed by atoms with E-state index < -0.39 is 21.3 Å². The molecule has 6 heteroatoms. The normalized spacial score (nSPS) is 13.0. The zero-order valence-electron chi connectivity index (χ0n) is 28.0. The van der Waals surface area contributed by atoms with Crippen molar-refractivity contribution in [2.75, 3.05) is 0 Å². The maximum atomic E-state index is 6.48. The first-order valence-electron chi connectivity index (χ1n) is 15.9. The molecule has 4 heterocycles. The molecule has 47 heavy (non-hydrogen) atoms. The van der Waals surface area contributed by atoms with Gasteiger partial charge in [0.25, 0.3) is 0 Å². The summed E-state index contributed by atoms with van der Waals surface area (Å²) in [6.45, 7) is 9.07. The Morgan fingerprint density at radius 1 is 0.681 bits per heavy atom. The van der Waals surface area contributed by atoms with Crippen molar-refractivity contribution in [2.45, 2.75) is 44.2 Å². The molecule has 1 aliphatic heterocycles. The minimum Gasteiger partial charge on any atom is 0 e. The van der Waals surface area contributed by atoms with Gasteiger partial charge in [-0.3, -0.25) is 0 Å². The topological polar surface area (TPSA) is 38.9 Å². The van der Waals surface area contributed by atoms with Crippen LogP contribution >= 0.6 is 0 Å². The summed E-state index contributed by atoms with van der Waals surface area (Å²) in [6.07, 6.45) is 3.97. The SMILES string of the molecule is Cc1cnc(-c2[c-]ccc3c2oc2cc4c(cc23)-c2ccccc2[Si]4(C)C)cc1C.[CH3][Ge]([CH3])([CH3])[c]1ccc(-c2[c-]cccc2)nc1.[Ir]. The van der Waals surface area contributed by atoms with Gasteiger partial charge in [0, 0.05) is 31.7 Å². The molecule has 0 spiro atoms. The molecule has 0 unspecified atom stereocenters. The fourth-order valence-electron chi connectivity index (χ4n) is 6.44. The number of hydrogen-bond donors (Lipinski definition) is 0. The molecule has 0 fully saturated rings. The average Bonchev–Trinajstić information content (AvgIpc) is 3.53. The van der Waals surface area contributed by atoms with E-state index in [9.17, 15) is 0 Å². The fourth-order valence-corrected chi connectivity index (χ4v) is 11.7. The smallest absolute Gasteiger partial charge is 0 e. The van der Waals surface area contributed by atoms with Crippen molar-refractivity contribution in [1.82, 2.24) is 9.97 Å². The van der Waals surface area contributed by atoms with E-state index >= 15 is 0 Å². The second-order valence-electron chi connectivity index (χ2n) is 13.9. The van der Waals surface area contributed by atoms with Crippen LogP contribution in [0.4, 0.5) is 0 Å². The largest absolute Gasteiger partial charge is 0 e. The second-order valence-corrected chi connectivity index (χ2v) is 28.9. The number of furan rings is 1. The van der Waals surface area contributed by atoms with Gasteiger partial charge in [-0.05, 0) is 58.7 Å². The molecular formula is C41H38GeIrN2OSi-2. The van der Waals surface area contributed by atoms with E-state index in [0.29, 0.717) is 0 Å². The maximum Gasteiger partial charge on any atom is 0 e. The number of nitrogens with zero attached hydrogens (tertiary/aromatic N) is 2. The Kier molecular flexibility index (Phi) is 9.05. The summed E-state index contributed by atoms with van der Waals surface area (Å²) < 4.78 is 7.92. The molecular weight excluding hydrogens is 829 g/mol. The van der Waals surface area contributed by atoms with Crippen LogP contribution in [0.3, 0.4) is 0 Å². The number of rotatable bonds is 3. The Morgan fingerprint density at radius 2 is 1.45 bits per heavy atom. The first kappa shape index (κ1) is 33.3. The van der Waals surface area contributed by atoms with Gasteiger partial charge in [-0.2, -0.15) is 0 Å². The molecule has 4 aromatic carbocycles. The minimum atomic E-state index is -1.72. The summed E-state index contributed by atoms with van der Waals surface area (Å²) in [5.41, 5.74) is 10.9. The summed E-state index contributed by atoms with van der Waals surface area (Å²) >= 11 is -1.72. The molecule has 8 rings (SSSR count). The number of hydrogen-bond acceptors (Lipinski definition) is 3. The Hall–Kier alpha value is -3.61. The van der Waals surface area contributed by atoms with Crippen molar-refractivity contribution in [1.29, 1.82) is 0 Å². The second kappa shape index (κ2) is 12.8. The van der Waals surface area contributed by atoms with Crippen LogP contribution in [0.15, 0.2) is 108 Å². The van der Waals surface area contributed by atoms with E-state index in [0.717, 1.165) is 39.1 Å². The molecule has 3 nitrogen and oxygen atoms in total. The molecule has 1 aliphatic rings. The number of aryl methyl sites for hydroxylation is 2. The molecule has 3 aromatic heterocycles. The standard InChI is InChI=1S/C27H22NOSi.C14H16GeN.Ir/c1-16-12-23(28-15-17(16)2)20-10-7-9-19-21-13-22-18-8-5-6-11-25(18)30(3,4)26(22)14-24(21)29-27(19)20;1-15(2,3)13-9-10-14(16-11-13)12-7-5-4-6-8-12;/h5-9,11-15H,1-4H3;4-7,9-11H,1-3H3;/q2*-1;. The van der Waals surface area contributed by atoms with E-state index in [1.807, 2.05) is 42.7 Å². The molecule has 7 aromatic rings. The monoisotopic (exact) mass is 869 g/mol. The van der Waals surface area contributed by atoms with Crippen LogP contribution in [0.5, 0.6) is 0 Å². The average molecular weight is 868 g/mol. The Bertz CT molecular complexity index is 2240. The van der Waals surface area contributed by atoms with Crippen LogP contribution in [0.25, 0.3) is 55.6 Å². The predicted octanol–water partition coefficient (Wildman–Crippen LogP) is 8.96. The molecule has 0 saturated heterocycles. The van der Waals surface area contributed by atoms with E-state index in [-0.39, 0.29) is 20.1 Å². The van der Waals surface area contributed by atoms with E-state index in [1.54, 1.807) is 0 Å². The van der Waals surface area contributed by atoms with Gasteiger partial charge in [-0.15, -0.1) is 18.2 Å². The number of fused-ring (bicyclic) bond motifs is 6. The molecule has 1 radical (unpaired) electrons. The molecule has 0 saturated carbocycles. The molecule has 0 atom stereocenters. The zero-order valence-corrected chi connectivity index (χ0v) is 33.4. The summed E-state index contributed by atoms with van der Waals surface area (Å²) in [7, 11) is -1.72. The van der Waals surface area contributed by atoms with Gasteiger partial charge in [-0.25, -0.2) is 0 Å². The predicted molar refractivity (Wildman–Crippen MR) is 199 cm³/mol. The summed E-state index contributed by atoms with van der Waals surface area (Å²) in [5.74, 6) is 7.14. The first-order valence-corrected chi connectivity index (χ1v) is 26.3. The van der Waals surface area contributed by atoms with Crippen LogP contribution in [0.1, 0.15) is 11.1 Å². The van der Waals surface area contributed by atoms with Crippen molar-refractivity contribution >= 4 is 58.0 Å². The third-order valence-electron chi connectivity index (χ3n) is 9.38. The van der Waals surface area contributed by atoms with Gasteiger partial charge in [0.15, 0.2) is 0 Å². The third-order valence-corrected chi connectivity index (χ3v) is 17.2. The van der Waals surface area contributed by atoms with Gasteiger partial charge >= 0.3 is 99.8 Å². The van der Waals surface area contributed by atoms with Crippen molar-refractivity contribution in [2.24, 2.45) is 0 Å². The van der Waals surface area contributed by atoms with Crippen LogP contribution in [0, 0.1) is 26.0 Å². The Morgan fingerprint density at radius 3 is 2.15 bits per heavy atom. The van der Waals surface area contributed by atoms with Gasteiger partial charge < -0.3 is 9.40 Å². The van der Waals surface area contributed by atoms with Crippen LogP contribution in [0.2, 0.25) is 30.4 Å². The molecule has 237 valence electrons. The minimum absolute atomic E-state index is 0. The summed E-state index contributed by atoms with van der Waals surface area (Å²) in [5, 5.41) is 5.28. The number of pyridine rings is 2. The van der Waals surface area contributed by atoms with Gasteiger partial charge in [0.1, 0.15) is 13.7 Å².